The van der Waals surface area contributed by atoms with Gasteiger partial charge in [-0.3, -0.25) is 4.79 Å². The van der Waals surface area contributed by atoms with Gasteiger partial charge in [0.25, 0.3) is 0 Å². The highest BCUT2D eigenvalue weighted by atomic mass is 32.2. The van der Waals surface area contributed by atoms with Crippen LogP contribution >= 0.6 is 23.1 Å². The van der Waals surface area contributed by atoms with Gasteiger partial charge >= 0.3 is 0 Å². The fourth-order valence-electron chi connectivity index (χ4n) is 2.29. The summed E-state index contributed by atoms with van der Waals surface area (Å²) in [5.41, 5.74) is 5.35. The summed E-state index contributed by atoms with van der Waals surface area (Å²) in [6, 6.07) is 13.9. The molecule has 0 radical (unpaired) electrons. The van der Waals surface area contributed by atoms with Crippen LogP contribution < -0.4 is 10.6 Å². The molecule has 0 saturated heterocycles. The molecule has 7 heteroatoms. The van der Waals surface area contributed by atoms with Gasteiger partial charge in [-0.2, -0.15) is 0 Å². The van der Waals surface area contributed by atoms with Crippen LogP contribution in [0.2, 0.25) is 0 Å². The average Bonchev–Trinajstić information content (AvgIpc) is 3.06. The van der Waals surface area contributed by atoms with E-state index in [1.54, 1.807) is 0 Å². The SMILES string of the molecule is Cc1ccc(Nc2nnc(SCC(=O)Nc3ccccc3C)s2)cc1C. The molecule has 0 aliphatic rings. The molecule has 0 unspecified atom stereocenters. The molecule has 1 heterocycles. The Bertz CT molecular complexity index is 923. The van der Waals surface area contributed by atoms with E-state index in [2.05, 4.69) is 46.8 Å². The molecule has 0 bridgehead atoms. The molecule has 0 atom stereocenters. The molecular formula is C19H20N4OS2. The van der Waals surface area contributed by atoms with E-state index in [1.807, 2.05) is 37.3 Å². The zero-order chi connectivity index (χ0) is 18.5. The summed E-state index contributed by atoms with van der Waals surface area (Å²) in [5.74, 6) is 0.246. The van der Waals surface area contributed by atoms with E-state index >= 15 is 0 Å². The molecule has 26 heavy (non-hydrogen) atoms. The quantitative estimate of drug-likeness (QED) is 0.589. The lowest BCUT2D eigenvalue weighted by Crippen LogP contribution is -2.14. The van der Waals surface area contributed by atoms with Crippen LogP contribution in [-0.4, -0.2) is 21.9 Å². The highest BCUT2D eigenvalue weighted by molar-refractivity contribution is 8.01. The van der Waals surface area contributed by atoms with Crippen molar-refractivity contribution in [2.45, 2.75) is 25.1 Å². The largest absolute Gasteiger partial charge is 0.330 e. The molecule has 1 aromatic heterocycles. The van der Waals surface area contributed by atoms with E-state index in [0.29, 0.717) is 5.75 Å². The van der Waals surface area contributed by atoms with E-state index < -0.39 is 0 Å². The Morgan fingerprint density at radius 1 is 1.04 bits per heavy atom. The number of aromatic nitrogens is 2. The van der Waals surface area contributed by atoms with Crippen molar-refractivity contribution < 1.29 is 4.79 Å². The van der Waals surface area contributed by atoms with Gasteiger partial charge in [-0.25, -0.2) is 0 Å². The third-order valence-electron chi connectivity index (χ3n) is 3.91. The minimum Gasteiger partial charge on any atom is -0.330 e. The molecule has 0 saturated carbocycles. The molecule has 134 valence electrons. The van der Waals surface area contributed by atoms with E-state index in [1.165, 1.54) is 34.2 Å². The molecular weight excluding hydrogens is 364 g/mol. The van der Waals surface area contributed by atoms with Gasteiger partial charge in [0, 0.05) is 11.4 Å². The maximum absolute atomic E-state index is 12.1. The third-order valence-corrected chi connectivity index (χ3v) is 5.88. The van der Waals surface area contributed by atoms with Crippen molar-refractivity contribution in [3.8, 4) is 0 Å². The lowest BCUT2D eigenvalue weighted by atomic mass is 10.1. The van der Waals surface area contributed by atoms with Crippen molar-refractivity contribution in [1.82, 2.24) is 10.2 Å². The number of para-hydroxylation sites is 1. The number of benzene rings is 2. The van der Waals surface area contributed by atoms with Gasteiger partial charge in [0.05, 0.1) is 5.75 Å². The zero-order valence-corrected chi connectivity index (χ0v) is 16.5. The van der Waals surface area contributed by atoms with Crippen LogP contribution in [0.15, 0.2) is 46.8 Å². The van der Waals surface area contributed by atoms with Crippen LogP contribution in [0.25, 0.3) is 0 Å². The number of aryl methyl sites for hydroxylation is 3. The number of nitrogens with one attached hydrogen (secondary N) is 2. The first-order chi connectivity index (χ1) is 12.5. The first kappa shape index (κ1) is 18.4. The second-order valence-corrected chi connectivity index (χ2v) is 8.15. The Morgan fingerprint density at radius 2 is 1.85 bits per heavy atom. The molecule has 3 rings (SSSR count). The number of thioether (sulfide) groups is 1. The summed E-state index contributed by atoms with van der Waals surface area (Å²) < 4.78 is 0.760. The van der Waals surface area contributed by atoms with Gasteiger partial charge in [-0.05, 0) is 55.7 Å². The second kappa shape index (κ2) is 8.33. The monoisotopic (exact) mass is 384 g/mol. The average molecular weight is 385 g/mol. The maximum atomic E-state index is 12.1. The van der Waals surface area contributed by atoms with E-state index in [4.69, 9.17) is 0 Å². The van der Waals surface area contributed by atoms with Gasteiger partial charge in [-0.15, -0.1) is 10.2 Å². The minimum atomic E-state index is -0.0526. The molecule has 0 aliphatic carbocycles. The number of anilines is 3. The standard InChI is InChI=1S/C19H20N4OS2/c1-12-8-9-15(10-14(12)3)20-18-22-23-19(26-18)25-11-17(24)21-16-7-5-4-6-13(16)2/h4-10H,11H2,1-3H3,(H,20,22)(H,21,24). The highest BCUT2D eigenvalue weighted by Crippen LogP contribution is 2.28. The van der Waals surface area contributed by atoms with Crippen molar-refractivity contribution in [1.29, 1.82) is 0 Å². The Kier molecular flexibility index (Phi) is 5.90. The van der Waals surface area contributed by atoms with Crippen molar-refractivity contribution in [2.24, 2.45) is 0 Å². The second-order valence-electron chi connectivity index (χ2n) is 5.95. The molecule has 1 amide bonds. The molecule has 2 aromatic carbocycles. The Morgan fingerprint density at radius 3 is 2.62 bits per heavy atom. The fourth-order valence-corrected chi connectivity index (χ4v) is 3.86. The van der Waals surface area contributed by atoms with Gasteiger partial charge < -0.3 is 10.6 Å². The third kappa shape index (κ3) is 4.83. The summed E-state index contributed by atoms with van der Waals surface area (Å²) in [5, 5.41) is 15.2. The predicted octanol–water partition coefficient (Wildman–Crippen LogP) is 4.94. The maximum Gasteiger partial charge on any atom is 0.234 e. The fraction of sp³-hybridized carbons (Fsp3) is 0.211. The highest BCUT2D eigenvalue weighted by Gasteiger charge is 2.10. The van der Waals surface area contributed by atoms with Gasteiger partial charge in [0.1, 0.15) is 0 Å². The van der Waals surface area contributed by atoms with Gasteiger partial charge in [0.2, 0.25) is 11.0 Å². The predicted molar refractivity (Wildman–Crippen MR) is 110 cm³/mol. The van der Waals surface area contributed by atoms with Crippen molar-refractivity contribution in [2.75, 3.05) is 16.4 Å². The molecule has 0 fully saturated rings. The summed E-state index contributed by atoms with van der Waals surface area (Å²) in [6.07, 6.45) is 0. The number of rotatable bonds is 6. The summed E-state index contributed by atoms with van der Waals surface area (Å²) in [6.45, 7) is 6.13. The summed E-state index contributed by atoms with van der Waals surface area (Å²) >= 11 is 2.82. The Labute approximate surface area is 161 Å². The number of hydrogen-bond donors (Lipinski definition) is 2. The number of carbonyl (C=O) groups excluding carboxylic acids is 1. The van der Waals surface area contributed by atoms with Crippen molar-refractivity contribution in [3.63, 3.8) is 0 Å². The molecule has 3 aromatic rings. The van der Waals surface area contributed by atoms with Crippen LogP contribution in [0.1, 0.15) is 16.7 Å². The molecule has 0 spiro atoms. The molecule has 5 nitrogen and oxygen atoms in total. The Hall–Kier alpha value is -2.38. The number of carbonyl (C=O) groups is 1. The van der Waals surface area contributed by atoms with E-state index in [0.717, 1.165) is 26.4 Å². The Balaban J connectivity index is 1.54. The first-order valence-electron chi connectivity index (χ1n) is 8.17. The topological polar surface area (TPSA) is 66.9 Å². The lowest BCUT2D eigenvalue weighted by molar-refractivity contribution is -0.113. The van der Waals surface area contributed by atoms with Crippen LogP contribution in [0, 0.1) is 20.8 Å². The minimum absolute atomic E-state index is 0.0526. The number of nitrogens with zero attached hydrogens (tertiary/aromatic N) is 2. The lowest BCUT2D eigenvalue weighted by Gasteiger charge is -2.06. The van der Waals surface area contributed by atoms with Crippen molar-refractivity contribution >= 4 is 45.5 Å². The van der Waals surface area contributed by atoms with Crippen LogP contribution in [0.4, 0.5) is 16.5 Å². The van der Waals surface area contributed by atoms with Crippen LogP contribution in [-0.2, 0) is 4.79 Å². The van der Waals surface area contributed by atoms with Gasteiger partial charge in [-0.1, -0.05) is 47.4 Å². The summed E-state index contributed by atoms with van der Waals surface area (Å²) in [4.78, 5) is 12.1. The van der Waals surface area contributed by atoms with Crippen LogP contribution in [0.3, 0.4) is 0 Å². The zero-order valence-electron chi connectivity index (χ0n) is 14.9. The van der Waals surface area contributed by atoms with Crippen molar-refractivity contribution in [3.05, 3.63) is 59.2 Å². The molecule has 2 N–H and O–H groups in total. The smallest absolute Gasteiger partial charge is 0.234 e. The van der Waals surface area contributed by atoms with Gasteiger partial charge in [0.15, 0.2) is 4.34 Å². The normalized spacial score (nSPS) is 10.6. The molecule has 0 aliphatic heterocycles. The van der Waals surface area contributed by atoms with E-state index in [-0.39, 0.29) is 5.91 Å². The van der Waals surface area contributed by atoms with Crippen LogP contribution in [0.5, 0.6) is 0 Å². The number of amides is 1. The van der Waals surface area contributed by atoms with E-state index in [9.17, 15) is 4.79 Å². The summed E-state index contributed by atoms with van der Waals surface area (Å²) in [7, 11) is 0. The first-order valence-corrected chi connectivity index (χ1v) is 9.97. The number of hydrogen-bond acceptors (Lipinski definition) is 6.